The molecule has 0 fully saturated rings. The van der Waals surface area contributed by atoms with E-state index < -0.39 is 24.0 Å². The van der Waals surface area contributed by atoms with Crippen LogP contribution in [0.2, 0.25) is 0 Å². The highest BCUT2D eigenvalue weighted by Crippen LogP contribution is 2.46. The quantitative estimate of drug-likeness (QED) is 0.458. The van der Waals surface area contributed by atoms with Crippen LogP contribution in [-0.2, 0) is 11.2 Å². The van der Waals surface area contributed by atoms with Crippen LogP contribution >= 0.6 is 0 Å². The molecule has 3 aromatic carbocycles. The molecule has 30 heavy (non-hydrogen) atoms. The van der Waals surface area contributed by atoms with Crippen LogP contribution < -0.4 is 20.5 Å². The van der Waals surface area contributed by atoms with Crippen molar-refractivity contribution in [1.82, 2.24) is 5.32 Å². The molecule has 7 heteroatoms. The molecule has 4 rings (SSSR count). The van der Waals surface area contributed by atoms with Crippen molar-refractivity contribution in [3.05, 3.63) is 83.9 Å². The standard InChI is InChI=1S/C23H20N2O5/c24-22(27)20(26)16(13-14-7-2-1-3-8-14)25-23(28)15-9-6-12-19-21(15)30-18-11-5-4-10-17(18)29-19/h1-12,16,20,26H,13H2,(H2,24,27)(H,25,28). The Kier molecular flexibility index (Phi) is 5.36. The molecule has 2 amide bonds. The zero-order valence-electron chi connectivity index (χ0n) is 15.9. The van der Waals surface area contributed by atoms with E-state index in [1.54, 1.807) is 36.4 Å². The molecule has 0 saturated carbocycles. The summed E-state index contributed by atoms with van der Waals surface area (Å²) in [5.41, 5.74) is 6.34. The summed E-state index contributed by atoms with van der Waals surface area (Å²) in [5.74, 6) is 0.268. The number of rotatable bonds is 6. The van der Waals surface area contributed by atoms with Gasteiger partial charge in [0.2, 0.25) is 5.91 Å². The normalized spacial score (nSPS) is 13.6. The fraction of sp³-hybridized carbons (Fsp3) is 0.130. The molecule has 0 aliphatic carbocycles. The number of carbonyl (C=O) groups is 2. The minimum Gasteiger partial charge on any atom is -0.449 e. The van der Waals surface area contributed by atoms with Crippen LogP contribution in [0.25, 0.3) is 0 Å². The smallest absolute Gasteiger partial charge is 0.255 e. The third-order valence-electron chi connectivity index (χ3n) is 4.79. The van der Waals surface area contributed by atoms with E-state index in [0.717, 1.165) is 5.56 Å². The number of aliphatic hydroxyl groups is 1. The summed E-state index contributed by atoms with van der Waals surface area (Å²) >= 11 is 0. The second kappa shape index (κ2) is 8.26. The molecular formula is C23H20N2O5. The van der Waals surface area contributed by atoms with E-state index in [4.69, 9.17) is 15.2 Å². The summed E-state index contributed by atoms with van der Waals surface area (Å²) in [6.07, 6.45) is -1.32. The number of ether oxygens (including phenoxy) is 2. The van der Waals surface area contributed by atoms with Gasteiger partial charge in [-0.15, -0.1) is 0 Å². The van der Waals surface area contributed by atoms with Gasteiger partial charge in [-0.25, -0.2) is 0 Å². The van der Waals surface area contributed by atoms with Crippen LogP contribution in [0.1, 0.15) is 15.9 Å². The average Bonchev–Trinajstić information content (AvgIpc) is 2.76. The lowest BCUT2D eigenvalue weighted by Crippen LogP contribution is -2.50. The monoisotopic (exact) mass is 404 g/mol. The van der Waals surface area contributed by atoms with E-state index in [-0.39, 0.29) is 17.7 Å². The average molecular weight is 404 g/mol. The summed E-state index contributed by atoms with van der Waals surface area (Å²) in [5, 5.41) is 13.0. The van der Waals surface area contributed by atoms with E-state index in [0.29, 0.717) is 17.2 Å². The number of benzene rings is 3. The Morgan fingerprint density at radius 1 is 0.867 bits per heavy atom. The number of nitrogens with one attached hydrogen (secondary N) is 1. The first-order chi connectivity index (χ1) is 14.5. The van der Waals surface area contributed by atoms with Gasteiger partial charge in [-0.1, -0.05) is 48.5 Å². The van der Waals surface area contributed by atoms with Crippen LogP contribution in [0.15, 0.2) is 72.8 Å². The SMILES string of the molecule is NC(=O)C(O)C(Cc1ccccc1)NC(=O)c1cccc2c1Oc1ccccc1O2. The van der Waals surface area contributed by atoms with Gasteiger partial charge in [0, 0.05) is 0 Å². The zero-order chi connectivity index (χ0) is 21.1. The molecule has 152 valence electrons. The van der Waals surface area contributed by atoms with Crippen LogP contribution in [0.5, 0.6) is 23.0 Å². The van der Waals surface area contributed by atoms with Crippen molar-refractivity contribution in [2.45, 2.75) is 18.6 Å². The Morgan fingerprint density at radius 3 is 2.20 bits per heavy atom. The maximum Gasteiger partial charge on any atom is 0.255 e. The Labute approximate surface area is 173 Å². The van der Waals surface area contributed by atoms with Gasteiger partial charge in [-0.2, -0.15) is 0 Å². The van der Waals surface area contributed by atoms with Gasteiger partial charge >= 0.3 is 0 Å². The van der Waals surface area contributed by atoms with Crippen molar-refractivity contribution in [2.75, 3.05) is 0 Å². The number of hydrogen-bond donors (Lipinski definition) is 3. The lowest BCUT2D eigenvalue weighted by atomic mass is 10.00. The van der Waals surface area contributed by atoms with Gasteiger partial charge in [0.1, 0.15) is 0 Å². The number of hydrogen-bond acceptors (Lipinski definition) is 5. The number of carbonyl (C=O) groups excluding carboxylic acids is 2. The molecule has 1 aliphatic heterocycles. The lowest BCUT2D eigenvalue weighted by molar-refractivity contribution is -0.127. The van der Waals surface area contributed by atoms with Crippen molar-refractivity contribution < 1.29 is 24.2 Å². The fourth-order valence-corrected chi connectivity index (χ4v) is 3.28. The first-order valence-corrected chi connectivity index (χ1v) is 9.43. The van der Waals surface area contributed by atoms with Gasteiger partial charge in [0.15, 0.2) is 29.1 Å². The van der Waals surface area contributed by atoms with Crippen LogP contribution in [0.3, 0.4) is 0 Å². The Morgan fingerprint density at radius 2 is 1.50 bits per heavy atom. The van der Waals surface area contributed by atoms with E-state index in [2.05, 4.69) is 5.32 Å². The first-order valence-electron chi connectivity index (χ1n) is 9.43. The summed E-state index contributed by atoms with van der Waals surface area (Å²) in [7, 11) is 0. The minimum atomic E-state index is -1.55. The number of aliphatic hydroxyl groups excluding tert-OH is 1. The molecule has 1 aliphatic rings. The molecule has 2 atom stereocenters. The molecule has 7 nitrogen and oxygen atoms in total. The maximum absolute atomic E-state index is 13.0. The first kappa shape index (κ1) is 19.5. The number of para-hydroxylation sites is 3. The Hall–Kier alpha value is -3.84. The molecule has 1 heterocycles. The third kappa shape index (κ3) is 3.97. The van der Waals surface area contributed by atoms with E-state index in [1.807, 2.05) is 36.4 Å². The predicted octanol–water partition coefficient (Wildman–Crippen LogP) is 2.77. The summed E-state index contributed by atoms with van der Waals surface area (Å²) in [6.45, 7) is 0. The predicted molar refractivity (Wildman–Crippen MR) is 110 cm³/mol. The highest BCUT2D eigenvalue weighted by Gasteiger charge is 2.29. The van der Waals surface area contributed by atoms with E-state index in [1.165, 1.54) is 0 Å². The summed E-state index contributed by atoms with van der Waals surface area (Å²) in [4.78, 5) is 24.6. The fourth-order valence-electron chi connectivity index (χ4n) is 3.28. The summed E-state index contributed by atoms with van der Waals surface area (Å²) in [6, 6.07) is 20.4. The third-order valence-corrected chi connectivity index (χ3v) is 4.79. The zero-order valence-corrected chi connectivity index (χ0v) is 15.9. The second-order valence-corrected chi connectivity index (χ2v) is 6.90. The highest BCUT2D eigenvalue weighted by molar-refractivity contribution is 5.98. The molecule has 3 aromatic rings. The maximum atomic E-state index is 13.0. The van der Waals surface area contributed by atoms with E-state index in [9.17, 15) is 14.7 Å². The van der Waals surface area contributed by atoms with Gasteiger partial charge in [-0.05, 0) is 36.2 Å². The highest BCUT2D eigenvalue weighted by atomic mass is 16.6. The lowest BCUT2D eigenvalue weighted by Gasteiger charge is -2.25. The minimum absolute atomic E-state index is 0.219. The molecule has 0 aromatic heterocycles. The molecule has 2 unspecified atom stereocenters. The van der Waals surface area contributed by atoms with Crippen LogP contribution in [-0.4, -0.2) is 29.1 Å². The van der Waals surface area contributed by atoms with Crippen LogP contribution in [0.4, 0.5) is 0 Å². The van der Waals surface area contributed by atoms with Gasteiger partial charge < -0.3 is 25.6 Å². The second-order valence-electron chi connectivity index (χ2n) is 6.90. The van der Waals surface area contributed by atoms with Crippen molar-refractivity contribution in [3.8, 4) is 23.0 Å². The number of amides is 2. The van der Waals surface area contributed by atoms with Crippen LogP contribution in [0, 0.1) is 0 Å². The molecule has 0 bridgehead atoms. The number of nitrogens with two attached hydrogens (primary N) is 1. The summed E-state index contributed by atoms with van der Waals surface area (Å²) < 4.78 is 11.7. The topological polar surface area (TPSA) is 111 Å². The molecule has 0 spiro atoms. The van der Waals surface area contributed by atoms with Crippen molar-refractivity contribution in [1.29, 1.82) is 0 Å². The largest absolute Gasteiger partial charge is 0.449 e. The van der Waals surface area contributed by atoms with Gasteiger partial charge in [0.25, 0.3) is 5.91 Å². The number of fused-ring (bicyclic) bond motifs is 2. The van der Waals surface area contributed by atoms with Gasteiger partial charge in [0.05, 0.1) is 11.6 Å². The van der Waals surface area contributed by atoms with Crippen molar-refractivity contribution >= 4 is 11.8 Å². The molecule has 0 radical (unpaired) electrons. The molecule has 4 N–H and O–H groups in total. The van der Waals surface area contributed by atoms with Gasteiger partial charge in [-0.3, -0.25) is 9.59 Å². The van der Waals surface area contributed by atoms with Crippen molar-refractivity contribution in [2.24, 2.45) is 5.73 Å². The Balaban J connectivity index is 1.60. The number of primary amides is 1. The van der Waals surface area contributed by atoms with E-state index >= 15 is 0 Å². The molecular weight excluding hydrogens is 384 g/mol. The van der Waals surface area contributed by atoms with Crippen molar-refractivity contribution in [3.63, 3.8) is 0 Å². The molecule has 0 saturated heterocycles. The Bertz CT molecular complexity index is 1080.